The van der Waals surface area contributed by atoms with Crippen LogP contribution in [0.25, 0.3) is 22.0 Å². The molecule has 1 atom stereocenters. The van der Waals surface area contributed by atoms with Crippen molar-refractivity contribution < 1.29 is 45.0 Å². The highest BCUT2D eigenvalue weighted by Gasteiger charge is 2.46. The molecule has 1 N–H and O–H groups in total. The summed E-state index contributed by atoms with van der Waals surface area (Å²) in [5.41, 5.74) is -6.96. The van der Waals surface area contributed by atoms with Gasteiger partial charge in [-0.25, -0.2) is 22.2 Å². The van der Waals surface area contributed by atoms with E-state index in [4.69, 9.17) is 21.3 Å². The number of fused-ring (bicyclic) bond motifs is 1. The van der Waals surface area contributed by atoms with E-state index in [2.05, 4.69) is 16.9 Å². The van der Waals surface area contributed by atoms with Gasteiger partial charge in [0.15, 0.2) is 0 Å². The van der Waals surface area contributed by atoms with Gasteiger partial charge in [-0.3, -0.25) is 9.48 Å². The van der Waals surface area contributed by atoms with Crippen LogP contribution in [0.4, 0.5) is 22.0 Å². The first-order valence-electron chi connectivity index (χ1n) is 14.8. The predicted molar refractivity (Wildman–Crippen MR) is 174 cm³/mol. The number of alkyl halides is 3. The Morgan fingerprint density at radius 2 is 1.63 bits per heavy atom. The summed E-state index contributed by atoms with van der Waals surface area (Å²) in [5, 5.41) is 14.2. The summed E-state index contributed by atoms with van der Waals surface area (Å²) in [7, 11) is -4.24. The zero-order valence-electron chi connectivity index (χ0n) is 27.3. The van der Waals surface area contributed by atoms with Crippen LogP contribution in [-0.4, -0.2) is 51.0 Å². The van der Waals surface area contributed by atoms with Crippen molar-refractivity contribution in [2.45, 2.75) is 75.8 Å². The third kappa shape index (κ3) is 9.35. The Balaban J connectivity index is 2.01. The quantitative estimate of drug-likeness (QED) is 0.116. The molecule has 262 valence electrons. The molecule has 0 aliphatic heterocycles. The lowest BCUT2D eigenvalue weighted by molar-refractivity contribution is -0.155. The summed E-state index contributed by atoms with van der Waals surface area (Å²) in [4.78, 5) is 18.0. The van der Waals surface area contributed by atoms with Crippen molar-refractivity contribution in [1.29, 1.82) is 0 Å². The Morgan fingerprint density at radius 3 is 2.20 bits per heavy atom. The molecular formula is C34H33ClF5N3O5S. The minimum absolute atomic E-state index is 0.0535. The monoisotopic (exact) mass is 725 g/mol. The maximum atomic E-state index is 14.3. The van der Waals surface area contributed by atoms with Gasteiger partial charge >= 0.3 is 11.5 Å². The summed E-state index contributed by atoms with van der Waals surface area (Å²) >= 11 is 6.44. The van der Waals surface area contributed by atoms with Gasteiger partial charge in [0.2, 0.25) is 0 Å². The number of sulfone groups is 1. The number of nitrogens with zero attached hydrogens (tertiary/aromatic N) is 3. The highest BCUT2D eigenvalue weighted by Crippen LogP contribution is 2.40. The molecule has 0 amide bonds. The topological polar surface area (TPSA) is 111 Å². The summed E-state index contributed by atoms with van der Waals surface area (Å²) in [6.45, 7) is 7.93. The van der Waals surface area contributed by atoms with Crippen molar-refractivity contribution in [2.75, 3.05) is 0 Å². The number of pyridine rings is 1. The SMILES string of the molecule is Cn1nc(CS(=O)(=O)C(F)(F)F)c2c(Cl)ccc(-c3ccc(C#CC(C)(C)O)nc3[C@@H](CC(=O)OC(C)(C)C)Cc3cc(F)cc(F)c3)c21. The first-order valence-corrected chi connectivity index (χ1v) is 16.8. The van der Waals surface area contributed by atoms with Crippen molar-refractivity contribution in [3.63, 3.8) is 0 Å². The smallest absolute Gasteiger partial charge is 0.460 e. The Labute approximate surface area is 285 Å². The first kappa shape index (κ1) is 37.8. The predicted octanol–water partition coefficient (Wildman–Crippen LogP) is 7.18. The highest BCUT2D eigenvalue weighted by molar-refractivity contribution is 7.91. The minimum Gasteiger partial charge on any atom is -0.460 e. The number of hydrogen-bond acceptors (Lipinski definition) is 7. The van der Waals surface area contributed by atoms with Gasteiger partial charge in [-0.05, 0) is 82.9 Å². The van der Waals surface area contributed by atoms with Crippen molar-refractivity contribution in [2.24, 2.45) is 7.05 Å². The largest absolute Gasteiger partial charge is 0.497 e. The Kier molecular flexibility index (Phi) is 10.5. The molecular weight excluding hydrogens is 693 g/mol. The normalized spacial score (nSPS) is 13.2. The van der Waals surface area contributed by atoms with Gasteiger partial charge < -0.3 is 9.84 Å². The van der Waals surface area contributed by atoms with E-state index < -0.39 is 61.5 Å². The van der Waals surface area contributed by atoms with Crippen LogP contribution in [0.1, 0.15) is 69.6 Å². The average molecular weight is 726 g/mol. The third-order valence-corrected chi connectivity index (χ3v) is 8.70. The van der Waals surface area contributed by atoms with E-state index in [0.29, 0.717) is 17.2 Å². The molecule has 0 spiro atoms. The van der Waals surface area contributed by atoms with E-state index >= 15 is 0 Å². The number of carbonyl (C=O) groups excluding carboxylic acids is 1. The van der Waals surface area contributed by atoms with Gasteiger partial charge in [-0.15, -0.1) is 0 Å². The zero-order valence-corrected chi connectivity index (χ0v) is 28.9. The second-order valence-electron chi connectivity index (χ2n) is 13.0. The van der Waals surface area contributed by atoms with E-state index in [9.17, 15) is 40.3 Å². The van der Waals surface area contributed by atoms with Crippen LogP contribution in [0.3, 0.4) is 0 Å². The Bertz CT molecular complexity index is 2070. The molecule has 0 saturated carbocycles. The van der Waals surface area contributed by atoms with E-state index in [1.54, 1.807) is 26.8 Å². The standard InChI is InChI=1S/C34H33ClF5N3O5S/c1-32(2,3)48-28(44)16-20(13-19-14-21(36)17-22(37)15-19)30-24(8-7-23(41-30)11-12-33(4,5)45)25-9-10-26(35)29-27(42-43(6)31(25)29)18-49(46,47)34(38,39)40/h7-10,14-15,17,20,45H,13,16,18H2,1-6H3/t20-/m1/s1. The summed E-state index contributed by atoms with van der Waals surface area (Å²) < 4.78 is 99.7. The number of hydrogen-bond donors (Lipinski definition) is 1. The molecule has 0 saturated heterocycles. The van der Waals surface area contributed by atoms with Crippen LogP contribution in [-0.2, 0) is 38.6 Å². The van der Waals surface area contributed by atoms with Gasteiger partial charge in [0.1, 0.15) is 34.3 Å². The molecule has 0 unspecified atom stereocenters. The van der Waals surface area contributed by atoms with Crippen LogP contribution in [0.15, 0.2) is 42.5 Å². The van der Waals surface area contributed by atoms with Gasteiger partial charge in [-0.2, -0.15) is 18.3 Å². The number of ether oxygens (including phenoxy) is 1. The van der Waals surface area contributed by atoms with E-state index in [1.807, 2.05) is 0 Å². The summed E-state index contributed by atoms with van der Waals surface area (Å²) in [5.74, 6) is 0.689. The van der Waals surface area contributed by atoms with Gasteiger partial charge in [0.25, 0.3) is 9.84 Å². The summed E-state index contributed by atoms with van der Waals surface area (Å²) in [6.07, 6.45) is -0.442. The second kappa shape index (κ2) is 13.7. The number of halogens is 6. The second-order valence-corrected chi connectivity index (χ2v) is 15.4. The van der Waals surface area contributed by atoms with Gasteiger partial charge in [0, 0.05) is 35.5 Å². The lowest BCUT2D eigenvalue weighted by atomic mass is 9.87. The first-order chi connectivity index (χ1) is 22.4. The van der Waals surface area contributed by atoms with Crippen LogP contribution in [0.5, 0.6) is 0 Å². The Hall–Kier alpha value is -4.06. The molecule has 0 aliphatic rings. The average Bonchev–Trinajstić information content (AvgIpc) is 3.25. The fourth-order valence-electron chi connectivity index (χ4n) is 5.20. The molecule has 2 aromatic heterocycles. The van der Waals surface area contributed by atoms with E-state index in [-0.39, 0.29) is 45.7 Å². The van der Waals surface area contributed by atoms with Crippen molar-refractivity contribution >= 4 is 38.3 Å². The lowest BCUT2D eigenvalue weighted by Gasteiger charge is -2.24. The van der Waals surface area contributed by atoms with E-state index in [1.165, 1.54) is 43.8 Å². The van der Waals surface area contributed by atoms with Crippen LogP contribution < -0.4 is 0 Å². The van der Waals surface area contributed by atoms with Crippen LogP contribution >= 0.6 is 11.6 Å². The molecule has 8 nitrogen and oxygen atoms in total. The molecule has 0 fully saturated rings. The lowest BCUT2D eigenvalue weighted by Crippen LogP contribution is -2.25. The molecule has 0 radical (unpaired) electrons. The number of aliphatic hydroxyl groups is 1. The van der Waals surface area contributed by atoms with Crippen molar-refractivity contribution in [3.05, 3.63) is 81.8 Å². The fraction of sp³-hybridized carbons (Fsp3) is 0.382. The maximum absolute atomic E-state index is 14.3. The van der Waals surface area contributed by atoms with Gasteiger partial charge in [0.05, 0.1) is 28.3 Å². The summed E-state index contributed by atoms with van der Waals surface area (Å²) in [6, 6.07) is 8.90. The maximum Gasteiger partial charge on any atom is 0.497 e. The molecule has 49 heavy (non-hydrogen) atoms. The zero-order chi connectivity index (χ0) is 36.7. The molecule has 2 heterocycles. The number of rotatable bonds is 8. The van der Waals surface area contributed by atoms with Crippen LogP contribution in [0, 0.1) is 23.5 Å². The number of carbonyl (C=O) groups is 1. The minimum atomic E-state index is -5.63. The molecule has 4 rings (SSSR count). The highest BCUT2D eigenvalue weighted by atomic mass is 35.5. The van der Waals surface area contributed by atoms with E-state index in [0.717, 1.165) is 12.1 Å². The van der Waals surface area contributed by atoms with Gasteiger partial charge in [-0.1, -0.05) is 23.6 Å². The number of benzene rings is 2. The molecule has 2 aromatic carbocycles. The molecule has 0 aliphatic carbocycles. The van der Waals surface area contributed by atoms with Crippen molar-refractivity contribution in [3.8, 4) is 23.0 Å². The number of aryl methyl sites for hydroxylation is 1. The molecule has 15 heteroatoms. The fourth-order valence-corrected chi connectivity index (χ4v) is 6.19. The number of aromatic nitrogens is 3. The molecule has 0 bridgehead atoms. The third-order valence-electron chi connectivity index (χ3n) is 7.02. The van der Waals surface area contributed by atoms with Crippen molar-refractivity contribution in [1.82, 2.24) is 14.8 Å². The molecule has 4 aromatic rings. The van der Waals surface area contributed by atoms with Crippen LogP contribution in [0.2, 0.25) is 5.02 Å². The Morgan fingerprint density at radius 1 is 1.02 bits per heavy atom. The number of esters is 1.